The van der Waals surface area contributed by atoms with Crippen LogP contribution in [0.1, 0.15) is 28.9 Å². The minimum absolute atomic E-state index is 0.0144. The average Bonchev–Trinajstić information content (AvgIpc) is 3.24. The third kappa shape index (κ3) is 5.15. The molecule has 2 heterocycles. The number of carboxylic acid groups (broad SMARTS) is 1. The zero-order valence-electron chi connectivity index (χ0n) is 14.7. The normalized spacial score (nSPS) is 16.7. The molecule has 1 saturated heterocycles. The van der Waals surface area contributed by atoms with Crippen LogP contribution in [-0.4, -0.2) is 51.8 Å². The minimum atomic E-state index is -1.03. The Hall–Kier alpha value is -1.77. The second-order valence-corrected chi connectivity index (χ2v) is 8.78. The van der Waals surface area contributed by atoms with Crippen LogP contribution < -0.4 is 4.74 Å². The van der Waals surface area contributed by atoms with E-state index in [4.69, 9.17) is 21.4 Å². The molecule has 1 fully saturated rings. The fourth-order valence-corrected chi connectivity index (χ4v) is 4.82. The van der Waals surface area contributed by atoms with Crippen molar-refractivity contribution in [1.82, 2.24) is 9.88 Å². The quantitative estimate of drug-likeness (QED) is 0.643. The number of hydrogen-bond acceptors (Lipinski definition) is 6. The number of thioether (sulfide) groups is 1. The molecule has 1 amide bonds. The first-order chi connectivity index (χ1) is 12.9. The van der Waals surface area contributed by atoms with Gasteiger partial charge < -0.3 is 14.7 Å². The van der Waals surface area contributed by atoms with Gasteiger partial charge in [0.25, 0.3) is 0 Å². The number of carboxylic acids is 1. The van der Waals surface area contributed by atoms with Crippen molar-refractivity contribution < 1.29 is 19.4 Å². The molecular weight excluding hydrogens is 408 g/mol. The molecule has 1 N–H and O–H groups in total. The Labute approximate surface area is 170 Å². The van der Waals surface area contributed by atoms with E-state index in [-0.39, 0.29) is 17.6 Å². The number of rotatable bonds is 8. The molecule has 0 bridgehead atoms. The molecule has 6 nitrogen and oxygen atoms in total. The molecule has 0 radical (unpaired) electrons. The van der Waals surface area contributed by atoms with E-state index in [0.29, 0.717) is 40.4 Å². The zero-order chi connectivity index (χ0) is 19.4. The number of aromatic carboxylic acids is 1. The molecular formula is C18H19ClN2O4S2. The number of aryl methyl sites for hydroxylation is 1. The van der Waals surface area contributed by atoms with E-state index in [2.05, 4.69) is 4.98 Å². The highest BCUT2D eigenvalue weighted by molar-refractivity contribution is 8.01. The predicted octanol–water partition coefficient (Wildman–Crippen LogP) is 3.97. The second kappa shape index (κ2) is 8.95. The predicted molar refractivity (Wildman–Crippen MR) is 106 cm³/mol. The number of aromatic nitrogens is 1. The number of carbonyl (C=O) groups is 2. The lowest BCUT2D eigenvalue weighted by Gasteiger charge is -2.25. The maximum atomic E-state index is 12.2. The van der Waals surface area contributed by atoms with Crippen molar-refractivity contribution in [3.05, 3.63) is 39.9 Å². The molecule has 1 aliphatic rings. The third-order valence-corrected chi connectivity index (χ3v) is 6.54. The smallest absolute Gasteiger partial charge is 0.355 e. The van der Waals surface area contributed by atoms with Crippen LogP contribution in [0.3, 0.4) is 0 Å². The highest BCUT2D eigenvalue weighted by Gasteiger charge is 2.31. The van der Waals surface area contributed by atoms with Gasteiger partial charge in [0.15, 0.2) is 10.0 Å². The van der Waals surface area contributed by atoms with Crippen LogP contribution in [-0.2, 0) is 4.79 Å². The number of amides is 1. The van der Waals surface area contributed by atoms with Crippen molar-refractivity contribution in [1.29, 1.82) is 0 Å². The first-order valence-electron chi connectivity index (χ1n) is 8.44. The Kier molecular flexibility index (Phi) is 6.62. The Morgan fingerprint density at radius 2 is 2.33 bits per heavy atom. The Balaban J connectivity index is 1.52. The van der Waals surface area contributed by atoms with Crippen LogP contribution in [0.5, 0.6) is 5.75 Å². The monoisotopic (exact) mass is 426 g/mol. The fourth-order valence-electron chi connectivity index (χ4n) is 2.83. The summed E-state index contributed by atoms with van der Waals surface area (Å²) in [6.07, 6.45) is 1.27. The molecule has 144 valence electrons. The molecule has 1 atom stereocenters. The van der Waals surface area contributed by atoms with Gasteiger partial charge in [0.05, 0.1) is 11.1 Å². The van der Waals surface area contributed by atoms with Gasteiger partial charge in [-0.2, -0.15) is 0 Å². The maximum Gasteiger partial charge on any atom is 0.355 e. The van der Waals surface area contributed by atoms with Gasteiger partial charge >= 0.3 is 5.97 Å². The highest BCUT2D eigenvalue weighted by Crippen LogP contribution is 2.28. The number of hydrogen-bond donors (Lipinski definition) is 1. The van der Waals surface area contributed by atoms with Crippen molar-refractivity contribution in [2.75, 3.05) is 18.9 Å². The lowest BCUT2D eigenvalue weighted by Crippen LogP contribution is -2.38. The highest BCUT2D eigenvalue weighted by atomic mass is 35.5. The number of ether oxygens (including phenoxy) is 1. The molecule has 2 aromatic rings. The average molecular weight is 427 g/mol. The number of likely N-dealkylation sites (tertiary alicyclic amines) is 1. The van der Waals surface area contributed by atoms with Gasteiger partial charge in [0.1, 0.15) is 12.4 Å². The number of thiazole rings is 1. The van der Waals surface area contributed by atoms with Gasteiger partial charge in [-0.1, -0.05) is 29.4 Å². The topological polar surface area (TPSA) is 79.7 Å². The summed E-state index contributed by atoms with van der Waals surface area (Å²) in [5.41, 5.74) is 1.12. The van der Waals surface area contributed by atoms with Crippen molar-refractivity contribution in [2.24, 2.45) is 0 Å². The summed E-state index contributed by atoms with van der Waals surface area (Å²) in [6, 6.07) is 5.63. The zero-order valence-corrected chi connectivity index (χ0v) is 17.1. The standard InChI is InChI=1S/C18H19ClN2O4S2/c1-11-2-4-13(19)15(8-11)25-9-12-3-5-16(22)21(12)6-7-26-18-20-14(10-27-18)17(23)24/h2,4,8,10,12H,3,5-7,9H2,1H3,(H,23,24)/t12-/m1/s1. The van der Waals surface area contributed by atoms with Crippen molar-refractivity contribution in [3.8, 4) is 5.75 Å². The molecule has 1 aromatic heterocycles. The van der Waals surface area contributed by atoms with Crippen LogP contribution in [0.25, 0.3) is 0 Å². The van der Waals surface area contributed by atoms with Gasteiger partial charge in [-0.05, 0) is 31.0 Å². The summed E-state index contributed by atoms with van der Waals surface area (Å²) in [5, 5.41) is 11.0. The third-order valence-electron chi connectivity index (χ3n) is 4.23. The first kappa shape index (κ1) is 20.0. The number of benzene rings is 1. The summed E-state index contributed by atoms with van der Waals surface area (Å²) < 4.78 is 6.56. The van der Waals surface area contributed by atoms with Crippen LogP contribution in [0.15, 0.2) is 27.9 Å². The van der Waals surface area contributed by atoms with Crippen molar-refractivity contribution >= 4 is 46.6 Å². The molecule has 1 aromatic carbocycles. The van der Waals surface area contributed by atoms with E-state index < -0.39 is 5.97 Å². The first-order valence-corrected chi connectivity index (χ1v) is 10.7. The SMILES string of the molecule is Cc1ccc(Cl)c(OC[C@H]2CCC(=O)N2CCSc2nc(C(=O)O)cs2)c1. The molecule has 1 aliphatic heterocycles. The van der Waals surface area contributed by atoms with E-state index in [1.165, 1.54) is 28.5 Å². The van der Waals surface area contributed by atoms with Crippen molar-refractivity contribution in [3.63, 3.8) is 0 Å². The Morgan fingerprint density at radius 1 is 1.52 bits per heavy atom. The van der Waals surface area contributed by atoms with Gasteiger partial charge in [0, 0.05) is 24.1 Å². The lowest BCUT2D eigenvalue weighted by molar-refractivity contribution is -0.129. The van der Waals surface area contributed by atoms with E-state index in [1.54, 1.807) is 6.07 Å². The van der Waals surface area contributed by atoms with Gasteiger partial charge in [-0.25, -0.2) is 9.78 Å². The number of halogens is 1. The molecule has 3 rings (SSSR count). The summed E-state index contributed by atoms with van der Waals surface area (Å²) in [6.45, 7) is 2.95. The van der Waals surface area contributed by atoms with Gasteiger partial charge in [-0.3, -0.25) is 4.79 Å². The second-order valence-electron chi connectivity index (χ2n) is 6.18. The van der Waals surface area contributed by atoms with Crippen LogP contribution in [0, 0.1) is 6.92 Å². The fraction of sp³-hybridized carbons (Fsp3) is 0.389. The Morgan fingerprint density at radius 3 is 3.07 bits per heavy atom. The van der Waals surface area contributed by atoms with Crippen LogP contribution >= 0.6 is 34.7 Å². The molecule has 0 unspecified atom stereocenters. The van der Waals surface area contributed by atoms with Gasteiger partial charge in [0.2, 0.25) is 5.91 Å². The summed E-state index contributed by atoms with van der Waals surface area (Å²) in [7, 11) is 0. The summed E-state index contributed by atoms with van der Waals surface area (Å²) in [5.74, 6) is 0.374. The van der Waals surface area contributed by atoms with Crippen molar-refractivity contribution in [2.45, 2.75) is 30.1 Å². The van der Waals surface area contributed by atoms with Crippen LogP contribution in [0.4, 0.5) is 0 Å². The van der Waals surface area contributed by atoms with Gasteiger partial charge in [-0.15, -0.1) is 11.3 Å². The molecule has 0 spiro atoms. The number of nitrogens with zero attached hydrogens (tertiary/aromatic N) is 2. The number of carbonyl (C=O) groups excluding carboxylic acids is 1. The van der Waals surface area contributed by atoms with E-state index >= 15 is 0 Å². The van der Waals surface area contributed by atoms with E-state index in [9.17, 15) is 9.59 Å². The lowest BCUT2D eigenvalue weighted by atomic mass is 10.2. The molecule has 27 heavy (non-hydrogen) atoms. The summed E-state index contributed by atoms with van der Waals surface area (Å²) >= 11 is 8.92. The summed E-state index contributed by atoms with van der Waals surface area (Å²) in [4.78, 5) is 29.0. The molecule has 9 heteroatoms. The molecule has 0 saturated carbocycles. The van der Waals surface area contributed by atoms with Crippen LogP contribution in [0.2, 0.25) is 5.02 Å². The largest absolute Gasteiger partial charge is 0.490 e. The maximum absolute atomic E-state index is 12.2. The Bertz CT molecular complexity index is 843. The van der Waals surface area contributed by atoms with E-state index in [0.717, 1.165) is 12.0 Å². The minimum Gasteiger partial charge on any atom is -0.490 e. The van der Waals surface area contributed by atoms with E-state index in [1.807, 2.05) is 24.0 Å². The molecule has 0 aliphatic carbocycles.